The van der Waals surface area contributed by atoms with Crippen LogP contribution in [-0.4, -0.2) is 39.3 Å². The van der Waals surface area contributed by atoms with Crippen molar-refractivity contribution in [3.63, 3.8) is 0 Å². The Kier molecular flexibility index (Phi) is 63.0. The maximum Gasteiger partial charge on any atom is 0.127 e. The highest BCUT2D eigenvalue weighted by atomic mass is 79.9. The SMILES string of the molecule is CCCCCCCCCCCCC[NH+](CCCCCCCCCCCCC)CC[NH+](CCCCCCCCCCCCC)CCCCCCCCCCCCC.[Br-].[Br-]. The third-order valence-corrected chi connectivity index (χ3v) is 13.4. The number of quaternary nitrogens is 2. The van der Waals surface area contributed by atoms with Crippen LogP contribution in [-0.2, 0) is 0 Å². The van der Waals surface area contributed by atoms with Crippen LogP contribution in [0.3, 0.4) is 0 Å². The van der Waals surface area contributed by atoms with E-state index in [1.807, 2.05) is 9.80 Å². The lowest BCUT2D eigenvalue weighted by Gasteiger charge is -2.24. The summed E-state index contributed by atoms with van der Waals surface area (Å²) in [5.74, 6) is 0. The average molecular weight is 951 g/mol. The van der Waals surface area contributed by atoms with Gasteiger partial charge in [-0.15, -0.1) is 0 Å². The van der Waals surface area contributed by atoms with Crippen molar-refractivity contribution in [2.24, 2.45) is 0 Å². The summed E-state index contributed by atoms with van der Waals surface area (Å²) in [5, 5.41) is 0. The van der Waals surface area contributed by atoms with Gasteiger partial charge in [0, 0.05) is 0 Å². The Bertz CT molecular complexity index is 567. The van der Waals surface area contributed by atoms with Crippen molar-refractivity contribution in [2.45, 2.75) is 310 Å². The monoisotopic (exact) mass is 949 g/mol. The molecule has 0 radical (unpaired) electrons. The van der Waals surface area contributed by atoms with E-state index in [2.05, 4.69) is 27.7 Å². The van der Waals surface area contributed by atoms with Crippen molar-refractivity contribution in [1.29, 1.82) is 0 Å². The highest BCUT2D eigenvalue weighted by Crippen LogP contribution is 2.14. The van der Waals surface area contributed by atoms with Gasteiger partial charge in [0.2, 0.25) is 0 Å². The standard InChI is InChI=1S/C54H112N2.2BrH/c1-5-9-13-17-21-25-29-33-37-41-45-49-55(50-46-42-38-34-30-26-22-18-14-10-6-2)53-54-56(51-47-43-39-35-31-27-23-19-15-11-7-3)52-48-44-40-36-32-28-24-20-16-12-8-4;;/h5-54H2,1-4H3;2*1H. The van der Waals surface area contributed by atoms with Crippen LogP contribution in [0.2, 0.25) is 0 Å². The van der Waals surface area contributed by atoms with Crippen molar-refractivity contribution in [3.05, 3.63) is 0 Å². The smallest absolute Gasteiger partial charge is 0.127 e. The molecule has 0 atom stereocenters. The molecule has 0 aromatic carbocycles. The first-order valence-electron chi connectivity index (χ1n) is 27.4. The summed E-state index contributed by atoms with van der Waals surface area (Å²) in [7, 11) is 0. The third-order valence-electron chi connectivity index (χ3n) is 13.4. The molecule has 354 valence electrons. The van der Waals surface area contributed by atoms with Gasteiger partial charge < -0.3 is 43.8 Å². The minimum Gasteiger partial charge on any atom is -1.00 e. The van der Waals surface area contributed by atoms with Gasteiger partial charge in [0.1, 0.15) is 13.1 Å². The molecule has 0 aliphatic heterocycles. The number of hydrogen-bond acceptors (Lipinski definition) is 0. The Balaban J connectivity index is -0.0000151. The summed E-state index contributed by atoms with van der Waals surface area (Å²) in [6.07, 6.45) is 64.4. The number of rotatable bonds is 51. The quantitative estimate of drug-likeness (QED) is 0.0563. The van der Waals surface area contributed by atoms with Gasteiger partial charge in [0.25, 0.3) is 0 Å². The molecule has 0 heterocycles. The highest BCUT2D eigenvalue weighted by Gasteiger charge is 2.15. The molecule has 0 fully saturated rings. The fourth-order valence-corrected chi connectivity index (χ4v) is 9.26. The van der Waals surface area contributed by atoms with E-state index in [0.717, 1.165) is 0 Å². The summed E-state index contributed by atoms with van der Waals surface area (Å²) >= 11 is 0. The van der Waals surface area contributed by atoms with Crippen LogP contribution in [0, 0.1) is 0 Å². The Morgan fingerprint density at radius 2 is 0.276 bits per heavy atom. The molecule has 0 bridgehead atoms. The lowest BCUT2D eigenvalue weighted by molar-refractivity contribution is -0.958. The fraction of sp³-hybridized carbons (Fsp3) is 1.00. The molecule has 0 saturated carbocycles. The van der Waals surface area contributed by atoms with Gasteiger partial charge in [-0.2, -0.15) is 0 Å². The molecule has 0 rings (SSSR count). The zero-order chi connectivity index (χ0) is 40.5. The Labute approximate surface area is 391 Å². The van der Waals surface area contributed by atoms with Crippen LogP contribution in [0.15, 0.2) is 0 Å². The molecule has 0 spiro atoms. The summed E-state index contributed by atoms with van der Waals surface area (Å²) in [4.78, 5) is 3.93. The van der Waals surface area contributed by atoms with Crippen molar-refractivity contribution in [3.8, 4) is 0 Å². The van der Waals surface area contributed by atoms with Gasteiger partial charge in [-0.05, 0) is 51.4 Å². The van der Waals surface area contributed by atoms with E-state index in [4.69, 9.17) is 0 Å². The van der Waals surface area contributed by atoms with Crippen molar-refractivity contribution < 1.29 is 43.8 Å². The summed E-state index contributed by atoms with van der Waals surface area (Å²) in [5.41, 5.74) is 0. The van der Waals surface area contributed by atoms with Crippen LogP contribution in [0.1, 0.15) is 310 Å². The second kappa shape index (κ2) is 57.9. The van der Waals surface area contributed by atoms with E-state index < -0.39 is 0 Å². The number of nitrogens with one attached hydrogen (secondary N) is 2. The van der Waals surface area contributed by atoms with E-state index in [1.54, 1.807) is 0 Å². The van der Waals surface area contributed by atoms with E-state index in [1.165, 1.54) is 322 Å². The van der Waals surface area contributed by atoms with Crippen molar-refractivity contribution >= 4 is 0 Å². The molecule has 2 nitrogen and oxygen atoms in total. The van der Waals surface area contributed by atoms with Crippen LogP contribution < -0.4 is 43.8 Å². The van der Waals surface area contributed by atoms with Crippen LogP contribution in [0.25, 0.3) is 0 Å². The van der Waals surface area contributed by atoms with Gasteiger partial charge in [-0.3, -0.25) is 0 Å². The predicted molar refractivity (Wildman–Crippen MR) is 257 cm³/mol. The predicted octanol–water partition coefficient (Wildman–Crippen LogP) is 10.0. The summed E-state index contributed by atoms with van der Waals surface area (Å²) in [6, 6.07) is 0. The third kappa shape index (κ3) is 53.0. The van der Waals surface area contributed by atoms with E-state index in [0.29, 0.717) is 0 Å². The van der Waals surface area contributed by atoms with Crippen molar-refractivity contribution in [1.82, 2.24) is 0 Å². The van der Waals surface area contributed by atoms with Gasteiger partial charge in [-0.1, -0.05) is 259 Å². The molecule has 0 unspecified atom stereocenters. The van der Waals surface area contributed by atoms with Gasteiger partial charge in [0.05, 0.1) is 26.2 Å². The zero-order valence-electron chi connectivity index (χ0n) is 41.1. The molecule has 0 saturated heterocycles. The zero-order valence-corrected chi connectivity index (χ0v) is 44.3. The molecule has 58 heavy (non-hydrogen) atoms. The fourth-order valence-electron chi connectivity index (χ4n) is 9.26. The van der Waals surface area contributed by atoms with E-state index in [9.17, 15) is 0 Å². The molecule has 4 heteroatoms. The Morgan fingerprint density at radius 1 is 0.155 bits per heavy atom. The largest absolute Gasteiger partial charge is 1.00 e. The van der Waals surface area contributed by atoms with Crippen molar-refractivity contribution in [2.75, 3.05) is 39.3 Å². The minimum absolute atomic E-state index is 0. The lowest BCUT2D eigenvalue weighted by atomic mass is 10.1. The molecular formula is C54H114Br2N2. The summed E-state index contributed by atoms with van der Waals surface area (Å²) in [6.45, 7) is 18.0. The van der Waals surface area contributed by atoms with Crippen LogP contribution in [0.5, 0.6) is 0 Å². The molecule has 2 N–H and O–H groups in total. The van der Waals surface area contributed by atoms with E-state index >= 15 is 0 Å². The van der Waals surface area contributed by atoms with E-state index in [-0.39, 0.29) is 34.0 Å². The number of unbranched alkanes of at least 4 members (excludes halogenated alkanes) is 40. The first kappa shape index (κ1) is 63.2. The van der Waals surface area contributed by atoms with Gasteiger partial charge in [0.15, 0.2) is 0 Å². The normalized spacial score (nSPS) is 11.5. The second-order valence-electron chi connectivity index (χ2n) is 19.1. The molecule has 0 aromatic rings. The first-order valence-corrected chi connectivity index (χ1v) is 27.4. The molecule has 0 aliphatic carbocycles. The van der Waals surface area contributed by atoms with Crippen LogP contribution >= 0.6 is 0 Å². The van der Waals surface area contributed by atoms with Gasteiger partial charge in [-0.25, -0.2) is 0 Å². The van der Waals surface area contributed by atoms with Crippen LogP contribution in [0.4, 0.5) is 0 Å². The topological polar surface area (TPSA) is 8.88 Å². The minimum atomic E-state index is 0. The molecule has 0 aromatic heterocycles. The Hall–Kier alpha value is 0.880. The Morgan fingerprint density at radius 3 is 0.414 bits per heavy atom. The number of halogens is 2. The lowest BCUT2D eigenvalue weighted by Crippen LogP contribution is -3.20. The summed E-state index contributed by atoms with van der Waals surface area (Å²) < 4.78 is 0. The maximum atomic E-state index is 2.33. The maximum absolute atomic E-state index is 2.33. The first-order chi connectivity index (χ1) is 27.8. The second-order valence-corrected chi connectivity index (χ2v) is 19.1. The molecule has 0 amide bonds. The molecular weight excluding hydrogens is 836 g/mol. The molecule has 0 aliphatic rings. The average Bonchev–Trinajstić information content (AvgIpc) is 3.21. The highest BCUT2D eigenvalue weighted by molar-refractivity contribution is 4.53. The van der Waals surface area contributed by atoms with Gasteiger partial charge >= 0.3 is 0 Å². The number of hydrogen-bond donors (Lipinski definition) is 2.